The minimum atomic E-state index is -0.873. The van der Waals surface area contributed by atoms with E-state index in [1.807, 2.05) is 6.20 Å². The van der Waals surface area contributed by atoms with Gasteiger partial charge < -0.3 is 5.11 Å². The number of rotatable bonds is 2. The average Bonchev–Trinajstić information content (AvgIpc) is 2.30. The Morgan fingerprint density at radius 2 is 2.06 bits per heavy atom. The highest BCUT2D eigenvalue weighted by Crippen LogP contribution is 2.32. The van der Waals surface area contributed by atoms with E-state index in [0.29, 0.717) is 17.2 Å². The second-order valence-electron chi connectivity index (χ2n) is 4.54. The second kappa shape index (κ2) is 4.64. The maximum atomic E-state index is 11.0. The molecule has 1 heterocycles. The first kappa shape index (κ1) is 11.1. The van der Waals surface area contributed by atoms with Crippen molar-refractivity contribution >= 4 is 5.97 Å². The summed E-state index contributed by atoms with van der Waals surface area (Å²) in [6.45, 7) is 1.74. The number of hydrogen-bond donors (Lipinski definition) is 1. The fraction of sp³-hybridized carbons (Fsp3) is 0.538. The van der Waals surface area contributed by atoms with E-state index in [9.17, 15) is 4.79 Å². The molecule has 1 N–H and O–H groups in total. The minimum Gasteiger partial charge on any atom is -0.478 e. The number of nitrogens with zero attached hydrogens (tertiary/aromatic N) is 1. The molecule has 0 saturated heterocycles. The van der Waals surface area contributed by atoms with Crippen LogP contribution in [0.5, 0.6) is 0 Å². The zero-order chi connectivity index (χ0) is 11.5. The van der Waals surface area contributed by atoms with Crippen molar-refractivity contribution in [3.05, 3.63) is 29.1 Å². The summed E-state index contributed by atoms with van der Waals surface area (Å²) < 4.78 is 0. The summed E-state index contributed by atoms with van der Waals surface area (Å²) in [4.78, 5) is 15.2. The summed E-state index contributed by atoms with van der Waals surface area (Å²) in [7, 11) is 0. The molecule has 1 aliphatic carbocycles. The zero-order valence-electron chi connectivity index (χ0n) is 9.57. The molecule has 1 aromatic rings. The van der Waals surface area contributed by atoms with Gasteiger partial charge >= 0.3 is 5.97 Å². The van der Waals surface area contributed by atoms with E-state index in [2.05, 4.69) is 4.98 Å². The molecule has 1 fully saturated rings. The van der Waals surface area contributed by atoms with E-state index in [1.165, 1.54) is 32.1 Å². The first-order valence-corrected chi connectivity index (χ1v) is 5.88. The average molecular weight is 219 g/mol. The molecule has 0 bridgehead atoms. The summed E-state index contributed by atoms with van der Waals surface area (Å²) in [5, 5.41) is 9.05. The van der Waals surface area contributed by atoms with Crippen LogP contribution in [0.3, 0.4) is 0 Å². The molecule has 0 atom stereocenters. The summed E-state index contributed by atoms with van der Waals surface area (Å²) in [5.41, 5.74) is 2.05. The summed E-state index contributed by atoms with van der Waals surface area (Å²) in [6, 6.07) is 1.81. The van der Waals surface area contributed by atoms with E-state index in [4.69, 9.17) is 5.11 Å². The fourth-order valence-electron chi connectivity index (χ4n) is 2.42. The lowest BCUT2D eigenvalue weighted by atomic mass is 9.84. The number of hydrogen-bond acceptors (Lipinski definition) is 2. The van der Waals surface area contributed by atoms with Crippen LogP contribution in [0.25, 0.3) is 0 Å². The molecule has 3 heteroatoms. The van der Waals surface area contributed by atoms with Crippen molar-refractivity contribution in [3.8, 4) is 0 Å². The minimum absolute atomic E-state index is 0.350. The van der Waals surface area contributed by atoms with Gasteiger partial charge in [0.1, 0.15) is 0 Å². The van der Waals surface area contributed by atoms with E-state index in [-0.39, 0.29) is 0 Å². The highest BCUT2D eigenvalue weighted by atomic mass is 16.4. The van der Waals surface area contributed by atoms with Crippen molar-refractivity contribution < 1.29 is 9.90 Å². The molecule has 0 aliphatic heterocycles. The number of aromatic carboxylic acids is 1. The van der Waals surface area contributed by atoms with E-state index in [0.717, 1.165) is 5.56 Å². The second-order valence-corrected chi connectivity index (χ2v) is 4.54. The van der Waals surface area contributed by atoms with Gasteiger partial charge in [0.15, 0.2) is 0 Å². The molecule has 0 radical (unpaired) electrons. The molecule has 16 heavy (non-hydrogen) atoms. The Morgan fingerprint density at radius 3 is 2.69 bits per heavy atom. The Morgan fingerprint density at radius 1 is 1.38 bits per heavy atom. The fourth-order valence-corrected chi connectivity index (χ4v) is 2.42. The molecular formula is C13H17NO2. The number of aryl methyl sites for hydroxylation is 1. The molecule has 86 valence electrons. The van der Waals surface area contributed by atoms with Crippen LogP contribution >= 0.6 is 0 Å². The maximum Gasteiger partial charge on any atom is 0.337 e. The van der Waals surface area contributed by atoms with Crippen molar-refractivity contribution in [1.82, 2.24) is 4.98 Å². The van der Waals surface area contributed by atoms with Gasteiger partial charge in [-0.25, -0.2) is 4.79 Å². The molecule has 0 aromatic carbocycles. The largest absolute Gasteiger partial charge is 0.478 e. The van der Waals surface area contributed by atoms with Gasteiger partial charge in [-0.3, -0.25) is 4.98 Å². The molecule has 0 amide bonds. The smallest absolute Gasteiger partial charge is 0.337 e. The number of aromatic nitrogens is 1. The Balaban J connectivity index is 2.27. The van der Waals surface area contributed by atoms with Gasteiger partial charge in [0.25, 0.3) is 0 Å². The Bertz CT molecular complexity index is 395. The van der Waals surface area contributed by atoms with Crippen LogP contribution in [0.15, 0.2) is 12.3 Å². The van der Waals surface area contributed by atoms with Crippen LogP contribution in [-0.4, -0.2) is 16.1 Å². The third-order valence-corrected chi connectivity index (χ3v) is 3.42. The molecule has 1 aromatic heterocycles. The predicted molar refractivity (Wildman–Crippen MR) is 61.8 cm³/mol. The van der Waals surface area contributed by atoms with Crippen LogP contribution in [0.2, 0.25) is 0 Å². The first-order valence-electron chi connectivity index (χ1n) is 5.88. The molecule has 0 unspecified atom stereocenters. The predicted octanol–water partition coefficient (Wildman–Crippen LogP) is 3.14. The number of carboxylic acids is 1. The van der Waals surface area contributed by atoms with E-state index >= 15 is 0 Å². The van der Waals surface area contributed by atoms with Crippen LogP contribution in [-0.2, 0) is 0 Å². The molecule has 1 saturated carbocycles. The van der Waals surface area contributed by atoms with Crippen molar-refractivity contribution in [3.63, 3.8) is 0 Å². The van der Waals surface area contributed by atoms with Gasteiger partial charge in [0.2, 0.25) is 0 Å². The summed E-state index contributed by atoms with van der Waals surface area (Å²) in [5.74, 6) is -0.359. The van der Waals surface area contributed by atoms with Crippen molar-refractivity contribution in [1.29, 1.82) is 0 Å². The topological polar surface area (TPSA) is 50.2 Å². The lowest BCUT2D eigenvalue weighted by Crippen LogP contribution is -2.08. The van der Waals surface area contributed by atoms with Crippen LogP contribution in [0.1, 0.15) is 59.6 Å². The normalized spacial score (nSPS) is 17.3. The summed E-state index contributed by atoms with van der Waals surface area (Å²) >= 11 is 0. The quantitative estimate of drug-likeness (QED) is 0.831. The van der Waals surface area contributed by atoms with Crippen molar-refractivity contribution in [2.24, 2.45) is 0 Å². The summed E-state index contributed by atoms with van der Waals surface area (Å²) in [6.07, 6.45) is 7.99. The number of carbonyl (C=O) groups is 1. The maximum absolute atomic E-state index is 11.0. The Labute approximate surface area is 95.5 Å². The lowest BCUT2D eigenvalue weighted by Gasteiger charge is -2.22. The van der Waals surface area contributed by atoms with Gasteiger partial charge in [-0.05, 0) is 37.3 Å². The van der Waals surface area contributed by atoms with Gasteiger partial charge in [-0.1, -0.05) is 19.3 Å². The highest BCUT2D eigenvalue weighted by Gasteiger charge is 2.18. The molecule has 3 nitrogen and oxygen atoms in total. The van der Waals surface area contributed by atoms with Gasteiger partial charge in [-0.15, -0.1) is 0 Å². The van der Waals surface area contributed by atoms with Crippen LogP contribution in [0.4, 0.5) is 0 Å². The SMILES string of the molecule is Cc1ncc(C2CCCCC2)cc1C(=O)O. The van der Waals surface area contributed by atoms with Gasteiger partial charge in [-0.2, -0.15) is 0 Å². The third kappa shape index (κ3) is 2.23. The highest BCUT2D eigenvalue weighted by molar-refractivity contribution is 5.88. The third-order valence-electron chi connectivity index (χ3n) is 3.42. The Hall–Kier alpha value is -1.38. The van der Waals surface area contributed by atoms with Crippen LogP contribution in [0, 0.1) is 6.92 Å². The zero-order valence-corrected chi connectivity index (χ0v) is 9.57. The van der Waals surface area contributed by atoms with Crippen molar-refractivity contribution in [2.45, 2.75) is 44.9 Å². The standard InChI is InChI=1S/C13H17NO2/c1-9-12(13(15)16)7-11(8-14-9)10-5-3-2-4-6-10/h7-8,10H,2-6H2,1H3,(H,15,16). The molecule has 2 rings (SSSR count). The Kier molecular flexibility index (Phi) is 3.22. The molecule has 1 aliphatic rings. The monoisotopic (exact) mass is 219 g/mol. The lowest BCUT2D eigenvalue weighted by molar-refractivity contribution is 0.0695. The van der Waals surface area contributed by atoms with E-state index in [1.54, 1.807) is 13.0 Å². The van der Waals surface area contributed by atoms with Gasteiger partial charge in [0, 0.05) is 6.20 Å². The van der Waals surface area contributed by atoms with E-state index < -0.39 is 5.97 Å². The number of pyridine rings is 1. The first-order chi connectivity index (χ1) is 7.68. The molecular weight excluding hydrogens is 202 g/mol. The van der Waals surface area contributed by atoms with Crippen LogP contribution < -0.4 is 0 Å². The number of carboxylic acid groups (broad SMARTS) is 1. The molecule has 0 spiro atoms. The van der Waals surface area contributed by atoms with Gasteiger partial charge in [0.05, 0.1) is 11.3 Å². The van der Waals surface area contributed by atoms with Crippen molar-refractivity contribution in [2.75, 3.05) is 0 Å².